The van der Waals surface area contributed by atoms with Crippen molar-refractivity contribution in [2.75, 3.05) is 32.8 Å². The number of amides is 3. The van der Waals surface area contributed by atoms with Crippen LogP contribution in [0.5, 0.6) is 0 Å². The van der Waals surface area contributed by atoms with Gasteiger partial charge in [-0.2, -0.15) is 0 Å². The molecule has 4 aliphatic heterocycles. The molecule has 1 spiro atoms. The number of fused-ring (bicyclic) bond motifs is 2. The molecule has 4 aliphatic rings. The second-order valence-electron chi connectivity index (χ2n) is 11.0. The van der Waals surface area contributed by atoms with E-state index < -0.39 is 27.4 Å². The topological polar surface area (TPSA) is 81.2 Å². The van der Waals surface area contributed by atoms with E-state index in [9.17, 15) is 19.5 Å². The number of carbonyl (C=O) groups excluding carboxylic acids is 3. The Hall–Kier alpha value is -1.80. The Morgan fingerprint density at radius 2 is 1.72 bits per heavy atom. The van der Waals surface area contributed by atoms with Gasteiger partial charge in [0.15, 0.2) is 0 Å². The van der Waals surface area contributed by atoms with Crippen molar-refractivity contribution in [1.82, 2.24) is 14.7 Å². The maximum Gasteiger partial charge on any atom is 0.247 e. The molecule has 2 fully saturated rings. The van der Waals surface area contributed by atoms with Crippen molar-refractivity contribution in [1.29, 1.82) is 0 Å². The van der Waals surface area contributed by atoms with Gasteiger partial charge in [0.1, 0.15) is 6.04 Å². The maximum absolute atomic E-state index is 14.3. The van der Waals surface area contributed by atoms with E-state index in [0.29, 0.717) is 32.6 Å². The molecule has 1 N–H and O–H groups in total. The van der Waals surface area contributed by atoms with Crippen LogP contribution in [0.15, 0.2) is 24.3 Å². The number of nitrogens with zero attached hydrogens (tertiary/aromatic N) is 3. The summed E-state index contributed by atoms with van der Waals surface area (Å²) in [6, 6.07) is -0.529. The third-order valence-corrected chi connectivity index (χ3v) is 10.3. The zero-order valence-electron chi connectivity index (χ0n) is 22.3. The fraction of sp³-hybridized carbons (Fsp3) is 0.750. The molecule has 0 aliphatic carbocycles. The summed E-state index contributed by atoms with van der Waals surface area (Å²) in [4.78, 5) is 48.1. The number of aliphatic hydroxyl groups excluding tert-OH is 1. The van der Waals surface area contributed by atoms with E-state index in [-0.39, 0.29) is 30.4 Å². The first-order chi connectivity index (χ1) is 17.3. The van der Waals surface area contributed by atoms with Gasteiger partial charge >= 0.3 is 0 Å². The Morgan fingerprint density at radius 1 is 0.972 bits per heavy atom. The van der Waals surface area contributed by atoms with E-state index in [4.69, 9.17) is 0 Å². The van der Waals surface area contributed by atoms with Gasteiger partial charge in [-0.3, -0.25) is 14.4 Å². The third-order valence-electron chi connectivity index (χ3n) is 8.46. The number of carbonyl (C=O) groups is 3. The van der Waals surface area contributed by atoms with Crippen LogP contribution in [0.3, 0.4) is 0 Å². The summed E-state index contributed by atoms with van der Waals surface area (Å²) in [5.74, 6) is -1.08. The van der Waals surface area contributed by atoms with Gasteiger partial charge in [0, 0.05) is 43.6 Å². The van der Waals surface area contributed by atoms with Crippen molar-refractivity contribution in [2.45, 2.75) is 87.8 Å². The Balaban J connectivity index is 1.78. The van der Waals surface area contributed by atoms with Crippen LogP contribution in [-0.2, 0) is 14.4 Å². The van der Waals surface area contributed by atoms with Gasteiger partial charge in [-0.25, -0.2) is 0 Å². The number of thioether (sulfide) groups is 1. The van der Waals surface area contributed by atoms with Crippen molar-refractivity contribution in [3.8, 4) is 0 Å². The van der Waals surface area contributed by atoms with E-state index in [0.717, 1.165) is 32.1 Å². The minimum absolute atomic E-state index is 0.00774. The van der Waals surface area contributed by atoms with Crippen LogP contribution in [0.2, 0.25) is 0 Å². The van der Waals surface area contributed by atoms with Crippen molar-refractivity contribution in [3.63, 3.8) is 0 Å². The summed E-state index contributed by atoms with van der Waals surface area (Å²) in [5.41, 5.74) is 0. The summed E-state index contributed by atoms with van der Waals surface area (Å²) in [6.45, 7) is 10.7. The number of hydrogen-bond donors (Lipinski definition) is 1. The van der Waals surface area contributed by atoms with Crippen LogP contribution in [0.4, 0.5) is 0 Å². The highest BCUT2D eigenvalue weighted by molar-refractivity contribution is 8.02. The van der Waals surface area contributed by atoms with Crippen LogP contribution in [0, 0.1) is 11.8 Å². The van der Waals surface area contributed by atoms with E-state index in [1.54, 1.807) is 16.7 Å². The lowest BCUT2D eigenvalue weighted by Crippen LogP contribution is -2.55. The predicted octanol–water partition coefficient (Wildman–Crippen LogP) is 3.23. The average Bonchev–Trinajstić information content (AvgIpc) is 3.10. The first kappa shape index (κ1) is 27.2. The third kappa shape index (κ3) is 4.42. The van der Waals surface area contributed by atoms with Crippen molar-refractivity contribution >= 4 is 29.5 Å². The molecule has 0 saturated carbocycles. The molecule has 2 unspecified atom stereocenters. The summed E-state index contributed by atoms with van der Waals surface area (Å²) in [7, 11) is 0. The lowest BCUT2D eigenvalue weighted by Gasteiger charge is -2.38. The first-order valence-electron chi connectivity index (χ1n) is 13.8. The van der Waals surface area contributed by atoms with Crippen LogP contribution < -0.4 is 0 Å². The normalized spacial score (nSPS) is 34.5. The molecule has 3 amide bonds. The molecule has 0 aromatic heterocycles. The largest absolute Gasteiger partial charge is 0.396 e. The molecule has 4 heterocycles. The van der Waals surface area contributed by atoms with Gasteiger partial charge < -0.3 is 19.8 Å². The first-order valence-corrected chi connectivity index (χ1v) is 14.6. The second kappa shape index (κ2) is 10.9. The van der Waals surface area contributed by atoms with Crippen LogP contribution >= 0.6 is 11.8 Å². The van der Waals surface area contributed by atoms with E-state index in [1.165, 1.54) is 0 Å². The average molecular weight is 518 g/mol. The number of likely N-dealkylation sites (tertiary alicyclic amines) is 1. The predicted molar refractivity (Wildman–Crippen MR) is 143 cm³/mol. The molecular weight excluding hydrogens is 474 g/mol. The maximum atomic E-state index is 14.3. The van der Waals surface area contributed by atoms with E-state index in [1.807, 2.05) is 9.80 Å². The number of unbranched alkanes of at least 4 members (excludes halogenated alkanes) is 2. The SMILES string of the molecule is CCCC(C)N1CC=C[C@]23S[C@@]4(C)C=CCN(CCC)C(=O)[C@H]4[C@H]2C(=O)N(CCCCCO)C3C1=O. The lowest BCUT2D eigenvalue weighted by molar-refractivity contribution is -0.145. The van der Waals surface area contributed by atoms with Crippen molar-refractivity contribution in [2.24, 2.45) is 11.8 Å². The highest BCUT2D eigenvalue weighted by atomic mass is 32.2. The van der Waals surface area contributed by atoms with Gasteiger partial charge in [-0.05, 0) is 46.0 Å². The molecule has 200 valence electrons. The van der Waals surface area contributed by atoms with Crippen molar-refractivity contribution in [3.05, 3.63) is 24.3 Å². The molecule has 2 saturated heterocycles. The summed E-state index contributed by atoms with van der Waals surface area (Å²) in [5, 5.41) is 9.23. The molecule has 0 aromatic rings. The van der Waals surface area contributed by atoms with Crippen LogP contribution in [-0.4, -0.2) is 91.9 Å². The van der Waals surface area contributed by atoms with Gasteiger partial charge in [-0.15, -0.1) is 11.8 Å². The van der Waals surface area contributed by atoms with Gasteiger partial charge in [0.05, 0.1) is 16.6 Å². The molecule has 6 atom stereocenters. The molecule has 0 bridgehead atoms. The Kier molecular flexibility index (Phi) is 8.25. The molecule has 7 nitrogen and oxygen atoms in total. The number of aliphatic hydroxyl groups is 1. The molecule has 36 heavy (non-hydrogen) atoms. The summed E-state index contributed by atoms with van der Waals surface area (Å²) >= 11 is 1.66. The number of rotatable bonds is 10. The molecule has 4 rings (SSSR count). The minimum Gasteiger partial charge on any atom is -0.396 e. The Labute approximate surface area is 220 Å². The van der Waals surface area contributed by atoms with E-state index >= 15 is 0 Å². The van der Waals surface area contributed by atoms with Gasteiger partial charge in [0.25, 0.3) is 0 Å². The summed E-state index contributed by atoms with van der Waals surface area (Å²) in [6.07, 6.45) is 13.3. The fourth-order valence-electron chi connectivity index (χ4n) is 6.84. The number of hydrogen-bond acceptors (Lipinski definition) is 5. The molecule has 0 aromatic carbocycles. The monoisotopic (exact) mass is 517 g/mol. The second-order valence-corrected chi connectivity index (χ2v) is 12.8. The zero-order valence-corrected chi connectivity index (χ0v) is 23.1. The van der Waals surface area contributed by atoms with Gasteiger partial charge in [0.2, 0.25) is 17.7 Å². The lowest BCUT2D eigenvalue weighted by atomic mass is 9.74. The molecule has 0 radical (unpaired) electrons. The standard InChI is InChI=1S/C28H43N3O4S/c1-5-12-20(3)30-18-11-14-28-22(25(34)31(23(28)26(30)35)17-8-7-9-19-32)21-24(33)29(15-6-2)16-10-13-27(21,4)36-28/h10-11,13-14,20-23,32H,5-9,12,15-19H2,1-4H3/t20?,21-,22+,23?,27+,28+/m1/s1. The summed E-state index contributed by atoms with van der Waals surface area (Å²) < 4.78 is -1.31. The van der Waals surface area contributed by atoms with Crippen molar-refractivity contribution < 1.29 is 19.5 Å². The Morgan fingerprint density at radius 3 is 2.42 bits per heavy atom. The smallest absolute Gasteiger partial charge is 0.247 e. The van der Waals surface area contributed by atoms with E-state index in [2.05, 4.69) is 52.0 Å². The zero-order chi connectivity index (χ0) is 26.1. The highest BCUT2D eigenvalue weighted by Crippen LogP contribution is 2.65. The molecular formula is C28H43N3O4S. The van der Waals surface area contributed by atoms with Gasteiger partial charge in [-0.1, -0.05) is 44.6 Å². The fourth-order valence-corrected chi connectivity index (χ4v) is 9.00. The Bertz CT molecular complexity index is 922. The quantitative estimate of drug-likeness (QED) is 0.356. The minimum atomic E-state index is -0.763. The highest BCUT2D eigenvalue weighted by Gasteiger charge is 2.73. The van der Waals surface area contributed by atoms with Crippen LogP contribution in [0.25, 0.3) is 0 Å². The molecule has 8 heteroatoms. The van der Waals surface area contributed by atoms with Crippen LogP contribution in [0.1, 0.15) is 66.2 Å².